The van der Waals surface area contributed by atoms with Crippen LogP contribution in [0.1, 0.15) is 24.2 Å². The first-order valence-corrected chi connectivity index (χ1v) is 10.2. The number of carbonyl (C=O) groups is 2. The Morgan fingerprint density at radius 2 is 1.83 bits per heavy atom. The van der Waals surface area contributed by atoms with E-state index in [1.807, 2.05) is 26.0 Å². The zero-order valence-corrected chi connectivity index (χ0v) is 17.4. The van der Waals surface area contributed by atoms with Gasteiger partial charge in [0.1, 0.15) is 0 Å². The Morgan fingerprint density at radius 3 is 2.59 bits per heavy atom. The van der Waals surface area contributed by atoms with Crippen molar-refractivity contribution in [1.82, 2.24) is 15.5 Å². The third kappa shape index (κ3) is 5.58. The summed E-state index contributed by atoms with van der Waals surface area (Å²) in [6, 6.07) is 14.0. The number of anilines is 1. The van der Waals surface area contributed by atoms with Gasteiger partial charge in [-0.25, -0.2) is 0 Å². The van der Waals surface area contributed by atoms with Crippen molar-refractivity contribution in [3.8, 4) is 11.5 Å². The van der Waals surface area contributed by atoms with Gasteiger partial charge in [0.15, 0.2) is 0 Å². The minimum absolute atomic E-state index is 0.00773. The molecule has 0 aliphatic carbocycles. The average molecular weight is 431 g/mol. The molecule has 0 saturated carbocycles. The van der Waals surface area contributed by atoms with Crippen LogP contribution in [0.15, 0.2) is 58.2 Å². The minimum atomic E-state index is -0.294. The second-order valence-corrected chi connectivity index (χ2v) is 7.70. The first-order chi connectivity index (χ1) is 13.9. The van der Waals surface area contributed by atoms with Gasteiger partial charge in [-0.3, -0.25) is 9.59 Å². The molecule has 1 aromatic heterocycles. The van der Waals surface area contributed by atoms with Crippen molar-refractivity contribution in [2.24, 2.45) is 0 Å². The predicted octanol–water partition coefficient (Wildman–Crippen LogP) is 4.26. The van der Waals surface area contributed by atoms with E-state index < -0.39 is 0 Å². The minimum Gasteiger partial charge on any atom is -0.411 e. The van der Waals surface area contributed by atoms with Gasteiger partial charge in [-0.15, -0.1) is 10.2 Å². The molecule has 0 aliphatic rings. The van der Waals surface area contributed by atoms with E-state index in [4.69, 9.17) is 16.0 Å². The number of hydrogen-bond donors (Lipinski definition) is 2. The number of benzene rings is 2. The highest BCUT2D eigenvalue weighted by Crippen LogP contribution is 2.28. The van der Waals surface area contributed by atoms with E-state index in [2.05, 4.69) is 20.8 Å². The fourth-order valence-corrected chi connectivity index (χ4v) is 3.23. The summed E-state index contributed by atoms with van der Waals surface area (Å²) in [6.45, 7) is 3.74. The fraction of sp³-hybridized carbons (Fsp3) is 0.200. The highest BCUT2D eigenvalue weighted by Gasteiger charge is 2.16. The van der Waals surface area contributed by atoms with Crippen molar-refractivity contribution in [1.29, 1.82) is 0 Å². The van der Waals surface area contributed by atoms with Gasteiger partial charge in [0.2, 0.25) is 11.8 Å². The highest BCUT2D eigenvalue weighted by molar-refractivity contribution is 7.99. The van der Waals surface area contributed by atoms with Gasteiger partial charge in [0.25, 0.3) is 11.1 Å². The molecule has 150 valence electrons. The Kier molecular flexibility index (Phi) is 6.90. The highest BCUT2D eigenvalue weighted by atomic mass is 35.5. The van der Waals surface area contributed by atoms with E-state index in [9.17, 15) is 9.59 Å². The summed E-state index contributed by atoms with van der Waals surface area (Å²) >= 11 is 7.22. The van der Waals surface area contributed by atoms with Crippen molar-refractivity contribution in [3.63, 3.8) is 0 Å². The van der Waals surface area contributed by atoms with Gasteiger partial charge in [-0.1, -0.05) is 47.6 Å². The first-order valence-electron chi connectivity index (χ1n) is 8.85. The number of para-hydroxylation sites is 1. The van der Waals surface area contributed by atoms with Crippen LogP contribution in [0.25, 0.3) is 11.5 Å². The van der Waals surface area contributed by atoms with Crippen LogP contribution >= 0.6 is 23.4 Å². The van der Waals surface area contributed by atoms with Gasteiger partial charge in [0.05, 0.1) is 27.6 Å². The smallest absolute Gasteiger partial charge is 0.277 e. The van der Waals surface area contributed by atoms with Crippen LogP contribution in [0.5, 0.6) is 0 Å². The second-order valence-electron chi connectivity index (χ2n) is 6.36. The molecular weight excluding hydrogens is 412 g/mol. The van der Waals surface area contributed by atoms with Gasteiger partial charge < -0.3 is 15.1 Å². The molecule has 3 rings (SSSR count). The molecular formula is C20H19ClN4O3S. The molecule has 9 heteroatoms. The van der Waals surface area contributed by atoms with E-state index in [1.165, 1.54) is 0 Å². The summed E-state index contributed by atoms with van der Waals surface area (Å²) < 4.78 is 5.57. The molecule has 0 aliphatic heterocycles. The lowest BCUT2D eigenvalue weighted by molar-refractivity contribution is -0.113. The van der Waals surface area contributed by atoms with Crippen LogP contribution in [0.3, 0.4) is 0 Å². The summed E-state index contributed by atoms with van der Waals surface area (Å²) in [5.41, 5.74) is 1.47. The molecule has 3 aromatic rings. The van der Waals surface area contributed by atoms with E-state index in [0.29, 0.717) is 21.8 Å². The van der Waals surface area contributed by atoms with Crippen molar-refractivity contribution in [2.75, 3.05) is 11.1 Å². The molecule has 0 bridgehead atoms. The molecule has 0 fully saturated rings. The molecule has 29 heavy (non-hydrogen) atoms. The van der Waals surface area contributed by atoms with Gasteiger partial charge >= 0.3 is 0 Å². The summed E-state index contributed by atoms with van der Waals surface area (Å²) in [7, 11) is 0. The van der Waals surface area contributed by atoms with Crippen LogP contribution in [-0.2, 0) is 4.79 Å². The quantitative estimate of drug-likeness (QED) is 0.543. The lowest BCUT2D eigenvalue weighted by atomic mass is 10.1. The van der Waals surface area contributed by atoms with E-state index >= 15 is 0 Å². The van der Waals surface area contributed by atoms with Crippen molar-refractivity contribution in [3.05, 3.63) is 59.1 Å². The summed E-state index contributed by atoms with van der Waals surface area (Å²) in [5.74, 6) is -0.207. The molecule has 0 radical (unpaired) electrons. The van der Waals surface area contributed by atoms with Crippen LogP contribution in [0.2, 0.25) is 5.02 Å². The lowest BCUT2D eigenvalue weighted by Crippen LogP contribution is -2.31. The van der Waals surface area contributed by atoms with E-state index in [0.717, 1.165) is 11.8 Å². The third-order valence-corrected chi connectivity index (χ3v) is 4.85. The number of thioether (sulfide) groups is 1. The molecule has 2 amide bonds. The number of amides is 2. The molecule has 0 unspecified atom stereocenters. The first kappa shape index (κ1) is 20.9. The average Bonchev–Trinajstić information content (AvgIpc) is 3.15. The monoisotopic (exact) mass is 430 g/mol. The molecule has 2 N–H and O–H groups in total. The Morgan fingerprint density at radius 1 is 1.10 bits per heavy atom. The maximum Gasteiger partial charge on any atom is 0.277 e. The fourth-order valence-electron chi connectivity index (χ4n) is 2.46. The number of nitrogens with zero attached hydrogens (tertiary/aromatic N) is 2. The molecule has 0 atom stereocenters. The molecule has 0 saturated heterocycles. The zero-order valence-electron chi connectivity index (χ0n) is 15.8. The van der Waals surface area contributed by atoms with Crippen molar-refractivity contribution in [2.45, 2.75) is 25.1 Å². The van der Waals surface area contributed by atoms with E-state index in [-0.39, 0.29) is 34.7 Å². The summed E-state index contributed by atoms with van der Waals surface area (Å²) in [4.78, 5) is 24.6. The zero-order chi connectivity index (χ0) is 20.8. The molecule has 0 spiro atoms. The predicted molar refractivity (Wildman–Crippen MR) is 113 cm³/mol. The Bertz CT molecular complexity index is 1020. The van der Waals surface area contributed by atoms with Crippen molar-refractivity contribution >= 4 is 40.9 Å². The van der Waals surface area contributed by atoms with Gasteiger partial charge in [0, 0.05) is 6.04 Å². The standard InChI is InChI=1S/C20H19ClN4O3S/c1-12(2)22-18(27)14-8-4-6-10-16(14)23-17(26)11-29-20-25-24-19(28-20)13-7-3-5-9-15(13)21/h3-10,12H,11H2,1-2H3,(H,22,27)(H,23,26). The van der Waals surface area contributed by atoms with Crippen LogP contribution in [0.4, 0.5) is 5.69 Å². The Hall–Kier alpha value is -2.84. The Balaban J connectivity index is 1.62. The van der Waals surface area contributed by atoms with Crippen molar-refractivity contribution < 1.29 is 14.0 Å². The number of rotatable bonds is 7. The van der Waals surface area contributed by atoms with E-state index in [1.54, 1.807) is 36.4 Å². The number of carbonyl (C=O) groups excluding carboxylic acids is 2. The number of nitrogens with one attached hydrogen (secondary N) is 2. The molecule has 1 heterocycles. The number of halogens is 1. The lowest BCUT2D eigenvalue weighted by Gasteiger charge is -2.12. The maximum absolute atomic E-state index is 12.3. The third-order valence-electron chi connectivity index (χ3n) is 3.70. The topological polar surface area (TPSA) is 97.1 Å². The maximum atomic E-state index is 12.3. The molecule has 2 aromatic carbocycles. The Labute approximate surface area is 177 Å². The van der Waals surface area contributed by atoms with Crippen LogP contribution < -0.4 is 10.6 Å². The number of hydrogen-bond acceptors (Lipinski definition) is 6. The summed E-state index contributed by atoms with van der Waals surface area (Å²) in [6.07, 6.45) is 0. The largest absolute Gasteiger partial charge is 0.411 e. The molecule has 7 nitrogen and oxygen atoms in total. The summed E-state index contributed by atoms with van der Waals surface area (Å²) in [5, 5.41) is 14.2. The normalized spacial score (nSPS) is 10.8. The SMILES string of the molecule is CC(C)NC(=O)c1ccccc1NC(=O)CSc1nnc(-c2ccccc2Cl)o1. The van der Waals surface area contributed by atoms with Gasteiger partial charge in [-0.05, 0) is 38.1 Å². The van der Waals surface area contributed by atoms with Crippen LogP contribution in [0, 0.1) is 0 Å². The van der Waals surface area contributed by atoms with Crippen LogP contribution in [-0.4, -0.2) is 33.8 Å². The second kappa shape index (κ2) is 9.58. The van der Waals surface area contributed by atoms with Gasteiger partial charge in [-0.2, -0.15) is 0 Å². The number of aromatic nitrogens is 2.